The Morgan fingerprint density at radius 3 is 2.45 bits per heavy atom. The lowest BCUT2D eigenvalue weighted by Gasteiger charge is -2.25. The number of hydrogen-bond acceptors (Lipinski definition) is 7. The van der Waals surface area contributed by atoms with E-state index < -0.39 is 28.4 Å². The Kier molecular flexibility index (Phi) is 7.01. The zero-order valence-corrected chi connectivity index (χ0v) is 17.0. The molecule has 1 heterocycles. The first-order valence-corrected chi connectivity index (χ1v) is 9.71. The molecule has 0 radical (unpaired) electrons. The lowest BCUT2D eigenvalue weighted by Crippen LogP contribution is -2.33. The molecule has 0 saturated carbocycles. The minimum absolute atomic E-state index is 0.00824. The maximum atomic E-state index is 12.9. The number of nitro groups is 1. The molecule has 0 bridgehead atoms. The number of Topliss-reactive ketones (excluding diaryl/α,β-unsaturated/α-hetero) is 1. The summed E-state index contributed by atoms with van der Waals surface area (Å²) in [5.41, 5.74) is -0.228. The molecule has 0 aromatic heterocycles. The Balaban J connectivity index is 2.15. The predicted octanol–water partition coefficient (Wildman–Crippen LogP) is 2.68. The van der Waals surface area contributed by atoms with Crippen LogP contribution in [0.25, 0.3) is 5.76 Å². The van der Waals surface area contributed by atoms with Crippen LogP contribution in [0.2, 0.25) is 5.02 Å². The van der Waals surface area contributed by atoms with Gasteiger partial charge in [-0.25, -0.2) is 0 Å². The van der Waals surface area contributed by atoms with E-state index in [1.54, 1.807) is 6.07 Å². The fraction of sp³-hybridized carbons (Fsp3) is 0.238. The Morgan fingerprint density at radius 2 is 1.81 bits per heavy atom. The quantitative estimate of drug-likeness (QED) is 0.159. The number of aliphatic hydroxyl groups is 2. The van der Waals surface area contributed by atoms with Crippen molar-refractivity contribution in [3.8, 4) is 0 Å². The van der Waals surface area contributed by atoms with Crippen molar-refractivity contribution in [2.45, 2.75) is 6.04 Å². The highest BCUT2D eigenvalue weighted by Crippen LogP contribution is 2.42. The molecule has 162 valence electrons. The third kappa shape index (κ3) is 4.58. The highest BCUT2D eigenvalue weighted by molar-refractivity contribution is 6.46. The van der Waals surface area contributed by atoms with Crippen LogP contribution in [0.4, 0.5) is 5.69 Å². The first-order chi connectivity index (χ1) is 14.9. The van der Waals surface area contributed by atoms with Gasteiger partial charge in [0.25, 0.3) is 17.4 Å². The van der Waals surface area contributed by atoms with Crippen LogP contribution in [-0.4, -0.2) is 58.1 Å². The van der Waals surface area contributed by atoms with Crippen molar-refractivity contribution in [1.29, 1.82) is 0 Å². The summed E-state index contributed by atoms with van der Waals surface area (Å²) >= 11 is 5.88. The maximum absolute atomic E-state index is 12.9. The average molecular weight is 447 g/mol. The van der Waals surface area contributed by atoms with Crippen LogP contribution in [0.3, 0.4) is 0 Å². The second-order valence-electron chi connectivity index (χ2n) is 6.65. The number of carbonyl (C=O) groups excluding carboxylic acids is 2. The van der Waals surface area contributed by atoms with E-state index in [-0.39, 0.29) is 48.8 Å². The summed E-state index contributed by atoms with van der Waals surface area (Å²) in [6.07, 6.45) is 0. The fourth-order valence-electron chi connectivity index (χ4n) is 3.41. The van der Waals surface area contributed by atoms with Crippen LogP contribution >= 0.6 is 11.6 Å². The Morgan fingerprint density at radius 1 is 1.13 bits per heavy atom. The van der Waals surface area contributed by atoms with Crippen LogP contribution in [0, 0.1) is 10.1 Å². The van der Waals surface area contributed by atoms with Gasteiger partial charge in [0.2, 0.25) is 0 Å². The summed E-state index contributed by atoms with van der Waals surface area (Å²) in [4.78, 5) is 37.8. The van der Waals surface area contributed by atoms with Gasteiger partial charge in [0.1, 0.15) is 5.76 Å². The van der Waals surface area contributed by atoms with Gasteiger partial charge < -0.3 is 19.8 Å². The Hall–Kier alpha value is -3.27. The number of para-hydroxylation sites is 1. The minimum Gasteiger partial charge on any atom is -0.507 e. The monoisotopic (exact) mass is 446 g/mol. The van der Waals surface area contributed by atoms with Crippen molar-refractivity contribution in [2.75, 3.05) is 26.4 Å². The van der Waals surface area contributed by atoms with Crippen LogP contribution in [0.15, 0.2) is 54.1 Å². The fourth-order valence-corrected chi connectivity index (χ4v) is 3.54. The third-order valence-electron chi connectivity index (χ3n) is 4.80. The van der Waals surface area contributed by atoms with E-state index in [1.807, 2.05) is 0 Å². The number of ether oxygens (including phenoxy) is 1. The lowest BCUT2D eigenvalue weighted by molar-refractivity contribution is -0.385. The molecule has 2 N–H and O–H groups in total. The number of amides is 1. The molecule has 1 saturated heterocycles. The van der Waals surface area contributed by atoms with Gasteiger partial charge in [-0.15, -0.1) is 0 Å². The van der Waals surface area contributed by atoms with E-state index in [9.17, 15) is 24.8 Å². The molecule has 10 heteroatoms. The van der Waals surface area contributed by atoms with Gasteiger partial charge in [0, 0.05) is 23.2 Å². The van der Waals surface area contributed by atoms with Crippen molar-refractivity contribution >= 4 is 34.7 Å². The highest BCUT2D eigenvalue weighted by Gasteiger charge is 2.47. The summed E-state index contributed by atoms with van der Waals surface area (Å²) in [5, 5.41) is 31.8. The van der Waals surface area contributed by atoms with Crippen molar-refractivity contribution < 1.29 is 29.5 Å². The molecule has 2 aromatic carbocycles. The topological polar surface area (TPSA) is 130 Å². The number of rotatable bonds is 8. The van der Waals surface area contributed by atoms with Crippen molar-refractivity contribution in [2.24, 2.45) is 0 Å². The van der Waals surface area contributed by atoms with Crippen molar-refractivity contribution in [1.82, 2.24) is 4.90 Å². The van der Waals surface area contributed by atoms with Gasteiger partial charge in [-0.05, 0) is 30.3 Å². The second-order valence-corrected chi connectivity index (χ2v) is 7.09. The van der Waals surface area contributed by atoms with Crippen LogP contribution < -0.4 is 0 Å². The van der Waals surface area contributed by atoms with Gasteiger partial charge in [-0.1, -0.05) is 23.7 Å². The molecule has 1 fully saturated rings. The zero-order valence-electron chi connectivity index (χ0n) is 16.2. The molecule has 1 atom stereocenters. The molecule has 3 rings (SSSR count). The molecule has 0 spiro atoms. The zero-order chi connectivity index (χ0) is 22.5. The Bertz CT molecular complexity index is 1040. The second kappa shape index (κ2) is 9.69. The molecule has 9 nitrogen and oxygen atoms in total. The maximum Gasteiger partial charge on any atom is 0.295 e. The molecular weight excluding hydrogens is 428 g/mol. The van der Waals surface area contributed by atoms with Gasteiger partial charge >= 0.3 is 0 Å². The summed E-state index contributed by atoms with van der Waals surface area (Å²) in [6, 6.07) is 10.5. The molecule has 1 unspecified atom stereocenters. The number of benzene rings is 2. The number of nitro benzene ring substituents is 1. The number of ketones is 1. The number of hydrogen-bond donors (Lipinski definition) is 2. The van der Waals surface area contributed by atoms with Crippen LogP contribution in [0.1, 0.15) is 17.2 Å². The van der Waals surface area contributed by atoms with Crippen LogP contribution in [-0.2, 0) is 14.3 Å². The van der Waals surface area contributed by atoms with Gasteiger partial charge in [-0.3, -0.25) is 19.7 Å². The molecule has 0 aliphatic carbocycles. The smallest absolute Gasteiger partial charge is 0.295 e. The van der Waals surface area contributed by atoms with Gasteiger partial charge in [0.05, 0.1) is 41.9 Å². The highest BCUT2D eigenvalue weighted by atomic mass is 35.5. The van der Waals surface area contributed by atoms with Gasteiger partial charge in [-0.2, -0.15) is 0 Å². The number of aliphatic hydroxyl groups excluding tert-OH is 2. The Labute approximate surface area is 182 Å². The summed E-state index contributed by atoms with van der Waals surface area (Å²) < 4.78 is 5.20. The largest absolute Gasteiger partial charge is 0.507 e. The van der Waals surface area contributed by atoms with E-state index >= 15 is 0 Å². The standard InChI is InChI=1S/C21H19ClN2O7/c22-14-7-5-13(6-8-14)19(26)17-18(15-3-1-2-4-16(15)24(29)30)23(21(28)20(17)27)9-11-31-12-10-25/h1-8,18,25-26H,9-12H2. The molecule has 1 aliphatic rings. The van der Waals surface area contributed by atoms with Crippen molar-refractivity contribution in [3.05, 3.63) is 80.4 Å². The van der Waals surface area contributed by atoms with Gasteiger partial charge in [0.15, 0.2) is 0 Å². The number of nitrogens with zero attached hydrogens (tertiary/aromatic N) is 2. The third-order valence-corrected chi connectivity index (χ3v) is 5.05. The summed E-state index contributed by atoms with van der Waals surface area (Å²) in [6.45, 7) is -0.266. The molecule has 1 amide bonds. The number of carbonyl (C=O) groups is 2. The average Bonchev–Trinajstić information content (AvgIpc) is 3.01. The molecule has 2 aromatic rings. The molecule has 31 heavy (non-hydrogen) atoms. The first-order valence-electron chi connectivity index (χ1n) is 9.33. The van der Waals surface area contributed by atoms with E-state index in [0.717, 1.165) is 4.90 Å². The van der Waals surface area contributed by atoms with Crippen LogP contribution in [0.5, 0.6) is 0 Å². The van der Waals surface area contributed by atoms with E-state index in [1.165, 1.54) is 42.5 Å². The van der Waals surface area contributed by atoms with E-state index in [2.05, 4.69) is 0 Å². The molecule has 1 aliphatic heterocycles. The SMILES string of the molecule is O=C1C(=O)N(CCOCCO)C(c2ccccc2[N+](=O)[O-])C1=C(O)c1ccc(Cl)cc1. The van der Waals surface area contributed by atoms with Crippen molar-refractivity contribution in [3.63, 3.8) is 0 Å². The molecular formula is C21H19ClN2O7. The predicted molar refractivity (Wildman–Crippen MR) is 111 cm³/mol. The number of likely N-dealkylation sites (tertiary alicyclic amines) is 1. The van der Waals surface area contributed by atoms with E-state index in [4.69, 9.17) is 21.4 Å². The minimum atomic E-state index is -1.19. The first kappa shape index (κ1) is 22.4. The van der Waals surface area contributed by atoms with E-state index in [0.29, 0.717) is 5.02 Å². The summed E-state index contributed by atoms with van der Waals surface area (Å²) in [7, 11) is 0. The summed E-state index contributed by atoms with van der Waals surface area (Å²) in [5.74, 6) is -2.33. The normalized spacial score (nSPS) is 17.9. The lowest BCUT2D eigenvalue weighted by atomic mass is 9.94. The number of halogens is 1.